The number of unbranched alkanes of at least 4 members (excludes halogenated alkanes) is 1. The molecule has 104 valence electrons. The second kappa shape index (κ2) is 7.58. The molecule has 1 aliphatic heterocycles. The molecule has 1 atom stereocenters. The third kappa shape index (κ3) is 5.22. The summed E-state index contributed by atoms with van der Waals surface area (Å²) in [4.78, 5) is 2.64. The first kappa shape index (κ1) is 15.2. The first-order valence-electron chi connectivity index (χ1n) is 6.32. The van der Waals surface area contributed by atoms with Gasteiger partial charge in [0.2, 0.25) is 0 Å². The van der Waals surface area contributed by atoms with Crippen molar-refractivity contribution in [3.8, 4) is 0 Å². The highest BCUT2D eigenvalue weighted by molar-refractivity contribution is 7.87. The quantitative estimate of drug-likeness (QED) is 0.331. The average Bonchev–Trinajstić information content (AvgIpc) is 2.33. The van der Waals surface area contributed by atoms with Gasteiger partial charge in [0.05, 0.1) is 0 Å². The Labute approximate surface area is 108 Å². The zero-order valence-corrected chi connectivity index (χ0v) is 11.6. The zero-order valence-electron chi connectivity index (χ0n) is 10.7. The second-order valence-electron chi connectivity index (χ2n) is 4.67. The number of hydrogen-bond donors (Lipinski definition) is 1. The number of hydrogen-bond acceptors (Lipinski definition) is 3. The molecule has 0 aromatic heterocycles. The van der Waals surface area contributed by atoms with Crippen LogP contribution in [0.5, 0.6) is 0 Å². The highest BCUT2D eigenvalue weighted by Crippen LogP contribution is 2.17. The molecule has 0 aliphatic carbocycles. The summed E-state index contributed by atoms with van der Waals surface area (Å²) in [6, 6.07) is 0. The van der Waals surface area contributed by atoms with Crippen molar-refractivity contribution in [2.75, 3.05) is 26.2 Å². The van der Waals surface area contributed by atoms with E-state index in [-0.39, 0.29) is 0 Å². The average molecular weight is 275 g/mol. The van der Waals surface area contributed by atoms with E-state index in [1.807, 2.05) is 0 Å². The summed E-state index contributed by atoms with van der Waals surface area (Å²) in [6.07, 6.45) is 3.40. The van der Waals surface area contributed by atoms with Crippen LogP contribution in [-0.2, 0) is 10.2 Å². The van der Waals surface area contributed by atoms with Gasteiger partial charge in [-0.3, -0.25) is 0 Å². The Bertz CT molecular complexity index is 391. The van der Waals surface area contributed by atoms with Crippen LogP contribution in [0.25, 0.3) is 10.4 Å². The smallest absolute Gasteiger partial charge is 0.202 e. The highest BCUT2D eigenvalue weighted by atomic mass is 32.2. The molecule has 7 nitrogen and oxygen atoms in total. The highest BCUT2D eigenvalue weighted by Gasteiger charge is 2.26. The summed E-state index contributed by atoms with van der Waals surface area (Å²) in [7, 11) is -3.33. The molecule has 1 fully saturated rings. The molecule has 8 heteroatoms. The predicted molar refractivity (Wildman–Crippen MR) is 70.1 cm³/mol. The lowest BCUT2D eigenvalue weighted by Crippen LogP contribution is -2.45. The second-order valence-corrected chi connectivity index (χ2v) is 6.42. The molecule has 0 amide bonds. The van der Waals surface area contributed by atoms with Gasteiger partial charge in [0.25, 0.3) is 10.2 Å². The standard InChI is InChI=1S/C10H21N5O2S/c1-10-5-4-8-15(9-10)18(16,17)13-7-3-2-6-12-14-11/h10,13H,2-9H2,1H3. The van der Waals surface area contributed by atoms with Gasteiger partial charge < -0.3 is 0 Å². The van der Waals surface area contributed by atoms with Crippen molar-refractivity contribution >= 4 is 10.2 Å². The van der Waals surface area contributed by atoms with Crippen LogP contribution in [0.1, 0.15) is 32.6 Å². The lowest BCUT2D eigenvalue weighted by molar-refractivity contribution is 0.278. The molecule has 0 bridgehead atoms. The van der Waals surface area contributed by atoms with Gasteiger partial charge in [-0.25, -0.2) is 4.72 Å². The van der Waals surface area contributed by atoms with E-state index in [0.717, 1.165) is 12.8 Å². The Balaban J connectivity index is 2.28. The minimum atomic E-state index is -3.33. The fourth-order valence-electron chi connectivity index (χ4n) is 2.01. The first-order valence-corrected chi connectivity index (χ1v) is 7.76. The van der Waals surface area contributed by atoms with Crippen molar-refractivity contribution in [3.05, 3.63) is 10.4 Å². The van der Waals surface area contributed by atoms with Crippen LogP contribution < -0.4 is 4.72 Å². The number of nitrogens with zero attached hydrogens (tertiary/aromatic N) is 4. The minimum Gasteiger partial charge on any atom is -0.202 e. The van der Waals surface area contributed by atoms with Gasteiger partial charge in [-0.15, -0.1) is 0 Å². The predicted octanol–water partition coefficient (Wildman–Crippen LogP) is 1.64. The minimum absolute atomic E-state index is 0.397. The molecular weight excluding hydrogens is 254 g/mol. The van der Waals surface area contributed by atoms with Crippen LogP contribution in [0.3, 0.4) is 0 Å². The van der Waals surface area contributed by atoms with Gasteiger partial charge in [-0.1, -0.05) is 12.0 Å². The van der Waals surface area contributed by atoms with Crippen molar-refractivity contribution < 1.29 is 8.42 Å². The van der Waals surface area contributed by atoms with E-state index in [0.29, 0.717) is 44.9 Å². The normalized spacial score (nSPS) is 21.5. The van der Waals surface area contributed by atoms with Crippen LogP contribution in [0.15, 0.2) is 5.11 Å². The number of azide groups is 1. The van der Waals surface area contributed by atoms with Crippen molar-refractivity contribution in [1.82, 2.24) is 9.03 Å². The van der Waals surface area contributed by atoms with Gasteiger partial charge in [0, 0.05) is 31.1 Å². The maximum atomic E-state index is 12.0. The van der Waals surface area contributed by atoms with E-state index in [1.165, 1.54) is 4.31 Å². The molecule has 1 unspecified atom stereocenters. The fourth-order valence-corrected chi connectivity index (χ4v) is 3.41. The lowest BCUT2D eigenvalue weighted by Gasteiger charge is -2.29. The van der Waals surface area contributed by atoms with Crippen molar-refractivity contribution in [3.63, 3.8) is 0 Å². The summed E-state index contributed by atoms with van der Waals surface area (Å²) in [6.45, 7) is 4.10. The molecule has 0 saturated carbocycles. The molecule has 0 radical (unpaired) electrons. The topological polar surface area (TPSA) is 98.2 Å². The van der Waals surface area contributed by atoms with Gasteiger partial charge >= 0.3 is 0 Å². The van der Waals surface area contributed by atoms with Gasteiger partial charge in [0.15, 0.2) is 0 Å². The summed E-state index contributed by atoms with van der Waals surface area (Å²) in [5, 5.41) is 3.40. The molecule has 0 aromatic carbocycles. The molecule has 0 spiro atoms. The maximum Gasteiger partial charge on any atom is 0.279 e. The van der Waals surface area contributed by atoms with E-state index >= 15 is 0 Å². The summed E-state index contributed by atoms with van der Waals surface area (Å²) in [5.41, 5.74) is 8.09. The van der Waals surface area contributed by atoms with Crippen LogP contribution in [0.2, 0.25) is 0 Å². The number of rotatable bonds is 7. The largest absolute Gasteiger partial charge is 0.279 e. The van der Waals surface area contributed by atoms with Gasteiger partial charge in [0.1, 0.15) is 0 Å². The van der Waals surface area contributed by atoms with Crippen LogP contribution in [0.4, 0.5) is 0 Å². The molecule has 18 heavy (non-hydrogen) atoms. The number of piperidine rings is 1. The van der Waals surface area contributed by atoms with E-state index in [2.05, 4.69) is 21.7 Å². The Morgan fingerprint density at radius 2 is 2.28 bits per heavy atom. The molecule has 1 rings (SSSR count). The van der Waals surface area contributed by atoms with Crippen molar-refractivity contribution in [2.24, 2.45) is 11.0 Å². The molecule has 1 N–H and O–H groups in total. The Kier molecular flexibility index (Phi) is 6.42. The Hall–Kier alpha value is -0.820. The molecule has 1 heterocycles. The SMILES string of the molecule is CC1CCCN(S(=O)(=O)NCCCCN=[N+]=[N-])C1. The number of nitrogens with one attached hydrogen (secondary N) is 1. The summed E-state index contributed by atoms with van der Waals surface area (Å²) >= 11 is 0. The van der Waals surface area contributed by atoms with Crippen LogP contribution in [-0.4, -0.2) is 38.9 Å². The Morgan fingerprint density at radius 3 is 2.94 bits per heavy atom. The summed E-state index contributed by atoms with van der Waals surface area (Å²) in [5.74, 6) is 0.431. The van der Waals surface area contributed by atoms with E-state index in [4.69, 9.17) is 5.53 Å². The lowest BCUT2D eigenvalue weighted by atomic mass is 10.0. The molecule has 1 saturated heterocycles. The third-order valence-corrected chi connectivity index (χ3v) is 4.57. The third-order valence-electron chi connectivity index (χ3n) is 2.99. The maximum absolute atomic E-state index is 12.0. The Morgan fingerprint density at radius 1 is 1.50 bits per heavy atom. The van der Waals surface area contributed by atoms with E-state index in [1.54, 1.807) is 0 Å². The first-order chi connectivity index (χ1) is 8.56. The van der Waals surface area contributed by atoms with Crippen LogP contribution in [0, 0.1) is 5.92 Å². The van der Waals surface area contributed by atoms with Gasteiger partial charge in [-0.05, 0) is 37.1 Å². The summed E-state index contributed by atoms with van der Waals surface area (Å²) < 4.78 is 28.0. The van der Waals surface area contributed by atoms with Crippen molar-refractivity contribution in [2.45, 2.75) is 32.6 Å². The van der Waals surface area contributed by atoms with Crippen LogP contribution >= 0.6 is 0 Å². The fraction of sp³-hybridized carbons (Fsp3) is 1.00. The molecule has 1 aliphatic rings. The molecular formula is C10H21N5O2S. The monoisotopic (exact) mass is 275 g/mol. The molecule has 0 aromatic rings. The van der Waals surface area contributed by atoms with Crippen molar-refractivity contribution in [1.29, 1.82) is 0 Å². The van der Waals surface area contributed by atoms with E-state index in [9.17, 15) is 8.42 Å². The zero-order chi connectivity index (χ0) is 13.4. The van der Waals surface area contributed by atoms with Gasteiger partial charge in [-0.2, -0.15) is 12.7 Å². The van der Waals surface area contributed by atoms with E-state index < -0.39 is 10.2 Å².